The molecule has 0 radical (unpaired) electrons. The Morgan fingerprint density at radius 3 is 2.43 bits per heavy atom. The molecule has 1 aliphatic rings. The summed E-state index contributed by atoms with van der Waals surface area (Å²) >= 11 is 0. The number of aryl methyl sites for hydroxylation is 1. The van der Waals surface area contributed by atoms with Gasteiger partial charge in [0.15, 0.2) is 0 Å². The van der Waals surface area contributed by atoms with E-state index in [4.69, 9.17) is 9.47 Å². The van der Waals surface area contributed by atoms with Crippen LogP contribution in [-0.2, 0) is 19.1 Å². The molecule has 1 aromatic carbocycles. The van der Waals surface area contributed by atoms with E-state index in [2.05, 4.69) is 15.4 Å². The maximum atomic E-state index is 12.1. The first-order valence-corrected chi connectivity index (χ1v) is 9.52. The summed E-state index contributed by atoms with van der Waals surface area (Å²) in [5.41, 5.74) is 2.94. The van der Waals surface area contributed by atoms with Gasteiger partial charge in [0.25, 0.3) is 0 Å². The van der Waals surface area contributed by atoms with Gasteiger partial charge in [-0.15, -0.1) is 0 Å². The second-order valence-corrected chi connectivity index (χ2v) is 7.09. The number of carbonyl (C=O) groups excluding carboxylic acids is 2. The molecule has 0 aliphatic carbocycles. The van der Waals surface area contributed by atoms with Gasteiger partial charge in [-0.3, -0.25) is 0 Å². The monoisotopic (exact) mass is 390 g/mol. The van der Waals surface area contributed by atoms with Crippen LogP contribution in [0.4, 0.5) is 5.69 Å². The summed E-state index contributed by atoms with van der Waals surface area (Å²) in [5, 5.41) is 6.37. The molecule has 1 fully saturated rings. The van der Waals surface area contributed by atoms with E-state index in [1.54, 1.807) is 0 Å². The van der Waals surface area contributed by atoms with Crippen LogP contribution >= 0.6 is 0 Å². The van der Waals surface area contributed by atoms with Gasteiger partial charge in [-0.2, -0.15) is 0 Å². The maximum absolute atomic E-state index is 12.1. The molecule has 7 nitrogen and oxygen atoms in total. The van der Waals surface area contributed by atoms with E-state index in [-0.39, 0.29) is 11.8 Å². The molecule has 1 aliphatic heterocycles. The van der Waals surface area contributed by atoms with Gasteiger partial charge in [0, 0.05) is 0 Å². The molecule has 0 atom stereocenters. The number of nitrogens with one attached hydrogen (secondary N) is 2. The van der Waals surface area contributed by atoms with Gasteiger partial charge in [-0.25, -0.2) is 9.59 Å². The lowest BCUT2D eigenvalue weighted by atomic mass is 9.87. The van der Waals surface area contributed by atoms with Crippen molar-refractivity contribution < 1.29 is 23.8 Å². The van der Waals surface area contributed by atoms with Crippen molar-refractivity contribution in [2.24, 2.45) is 0 Å². The largest absolute Gasteiger partial charge is 0.489 e. The third-order valence-corrected chi connectivity index (χ3v) is 4.65. The minimum atomic E-state index is -0.666. The summed E-state index contributed by atoms with van der Waals surface area (Å²) in [4.78, 5) is 23.7. The third kappa shape index (κ3) is 5.73. The van der Waals surface area contributed by atoms with Crippen molar-refractivity contribution >= 4 is 17.6 Å². The molecule has 154 valence electrons. The Hall–Kier alpha value is -2.54. The lowest BCUT2D eigenvalue weighted by Gasteiger charge is -2.26. The molecule has 2 N–H and O–H groups in total. The van der Waals surface area contributed by atoms with Crippen LogP contribution in [0.5, 0.6) is 5.75 Å². The number of anilines is 1. The zero-order valence-corrected chi connectivity index (χ0v) is 17.3. The van der Waals surface area contributed by atoms with Gasteiger partial charge in [0.05, 0.1) is 32.1 Å². The second-order valence-electron chi connectivity index (χ2n) is 7.09. The van der Waals surface area contributed by atoms with Crippen LogP contribution in [0.25, 0.3) is 0 Å². The SMILES string of the molecule is COC(=O)/C=C(/Nc1cc(C)c(C2CCNCC2)cc1OC(C)C)C(=O)OC. The summed E-state index contributed by atoms with van der Waals surface area (Å²) in [6.45, 7) is 7.93. The number of methoxy groups -OCH3 is 2. The van der Waals surface area contributed by atoms with Crippen LogP contribution in [0.3, 0.4) is 0 Å². The Morgan fingerprint density at radius 2 is 1.86 bits per heavy atom. The number of piperidine rings is 1. The normalized spacial score (nSPS) is 15.3. The smallest absolute Gasteiger partial charge is 0.354 e. The highest BCUT2D eigenvalue weighted by atomic mass is 16.5. The predicted molar refractivity (Wildman–Crippen MR) is 108 cm³/mol. The molecule has 0 spiro atoms. The van der Waals surface area contributed by atoms with Gasteiger partial charge in [0.2, 0.25) is 0 Å². The highest BCUT2D eigenvalue weighted by molar-refractivity contribution is 5.99. The Bertz CT molecular complexity index is 737. The number of hydrogen-bond donors (Lipinski definition) is 2. The number of benzene rings is 1. The van der Waals surface area contributed by atoms with Gasteiger partial charge < -0.3 is 24.8 Å². The molecular formula is C21H30N2O5. The van der Waals surface area contributed by atoms with Crippen molar-refractivity contribution in [3.63, 3.8) is 0 Å². The first kappa shape index (κ1) is 21.8. The fourth-order valence-electron chi connectivity index (χ4n) is 3.30. The zero-order chi connectivity index (χ0) is 20.7. The fraction of sp³-hybridized carbons (Fsp3) is 0.524. The summed E-state index contributed by atoms with van der Waals surface area (Å²) in [5.74, 6) is -0.215. The molecular weight excluding hydrogens is 360 g/mol. The van der Waals surface area contributed by atoms with E-state index in [1.807, 2.05) is 32.9 Å². The zero-order valence-electron chi connectivity index (χ0n) is 17.3. The van der Waals surface area contributed by atoms with Gasteiger partial charge in [0.1, 0.15) is 11.4 Å². The van der Waals surface area contributed by atoms with E-state index < -0.39 is 11.9 Å². The number of rotatable bonds is 7. The van der Waals surface area contributed by atoms with Gasteiger partial charge in [-0.05, 0) is 75.9 Å². The first-order valence-electron chi connectivity index (χ1n) is 9.52. The lowest BCUT2D eigenvalue weighted by Crippen LogP contribution is -2.27. The predicted octanol–water partition coefficient (Wildman–Crippen LogP) is 2.89. The molecule has 1 saturated heterocycles. The van der Waals surface area contributed by atoms with Crippen LogP contribution < -0.4 is 15.4 Å². The fourth-order valence-corrected chi connectivity index (χ4v) is 3.30. The maximum Gasteiger partial charge on any atom is 0.354 e. The van der Waals surface area contributed by atoms with Crippen LogP contribution in [0.1, 0.15) is 43.7 Å². The Kier molecular flexibility index (Phi) is 7.87. The van der Waals surface area contributed by atoms with Gasteiger partial charge in [-0.1, -0.05) is 0 Å². The Labute approximate surface area is 166 Å². The highest BCUT2D eigenvalue weighted by Crippen LogP contribution is 2.36. The first-order chi connectivity index (χ1) is 13.3. The second kappa shape index (κ2) is 10.1. The van der Waals surface area contributed by atoms with Crippen molar-refractivity contribution in [1.29, 1.82) is 0 Å². The molecule has 0 bridgehead atoms. The number of carbonyl (C=O) groups is 2. The quantitative estimate of drug-likeness (QED) is 0.547. The van der Waals surface area contributed by atoms with Gasteiger partial charge >= 0.3 is 11.9 Å². The van der Waals surface area contributed by atoms with Crippen LogP contribution in [0.15, 0.2) is 23.9 Å². The Balaban J connectivity index is 2.43. The molecule has 0 aromatic heterocycles. The lowest BCUT2D eigenvalue weighted by molar-refractivity contribution is -0.138. The molecule has 7 heteroatoms. The van der Waals surface area contributed by atoms with Crippen LogP contribution in [0, 0.1) is 6.92 Å². The number of ether oxygens (including phenoxy) is 3. The average Bonchev–Trinajstić information content (AvgIpc) is 2.68. The summed E-state index contributed by atoms with van der Waals surface area (Å²) in [7, 11) is 2.51. The molecule has 0 saturated carbocycles. The Morgan fingerprint density at radius 1 is 1.18 bits per heavy atom. The van der Waals surface area contributed by atoms with E-state index in [9.17, 15) is 9.59 Å². The van der Waals surface area contributed by atoms with Crippen molar-refractivity contribution in [3.8, 4) is 5.75 Å². The molecule has 0 unspecified atom stereocenters. The van der Waals surface area contributed by atoms with Crippen molar-refractivity contribution in [2.45, 2.75) is 45.6 Å². The standard InChI is InChI=1S/C21H30N2O5/c1-13(2)28-19-11-16(15-6-8-22-9-7-15)14(3)10-17(19)23-18(21(25)27-5)12-20(24)26-4/h10-13,15,22-23H,6-9H2,1-5H3/b18-12+. The van der Waals surface area contributed by atoms with E-state index in [0.29, 0.717) is 17.4 Å². The summed E-state index contributed by atoms with van der Waals surface area (Å²) in [6, 6.07) is 3.99. The number of hydrogen-bond acceptors (Lipinski definition) is 7. The third-order valence-electron chi connectivity index (χ3n) is 4.65. The van der Waals surface area contributed by atoms with Crippen LogP contribution in [-0.4, -0.2) is 45.4 Å². The summed E-state index contributed by atoms with van der Waals surface area (Å²) in [6.07, 6.45) is 3.17. The van der Waals surface area contributed by atoms with E-state index >= 15 is 0 Å². The average molecular weight is 390 g/mol. The van der Waals surface area contributed by atoms with E-state index in [1.165, 1.54) is 19.8 Å². The minimum Gasteiger partial charge on any atom is -0.489 e. The number of esters is 2. The van der Waals surface area contributed by atoms with E-state index in [0.717, 1.165) is 37.6 Å². The topological polar surface area (TPSA) is 85.9 Å². The van der Waals surface area contributed by atoms with Crippen molar-refractivity contribution in [1.82, 2.24) is 5.32 Å². The molecule has 28 heavy (non-hydrogen) atoms. The highest BCUT2D eigenvalue weighted by Gasteiger charge is 2.21. The molecule has 2 rings (SSSR count). The van der Waals surface area contributed by atoms with Crippen LogP contribution in [0.2, 0.25) is 0 Å². The van der Waals surface area contributed by atoms with Crippen molar-refractivity contribution in [3.05, 3.63) is 35.0 Å². The summed E-state index contributed by atoms with van der Waals surface area (Å²) < 4.78 is 15.4. The minimum absolute atomic E-state index is 0.0167. The molecule has 0 amide bonds. The van der Waals surface area contributed by atoms with Crippen molar-refractivity contribution in [2.75, 3.05) is 32.6 Å². The molecule has 1 aromatic rings. The molecule has 1 heterocycles.